The third kappa shape index (κ3) is 3.76. The Kier molecular flexibility index (Phi) is 4.12. The zero-order valence-corrected chi connectivity index (χ0v) is 11.1. The van der Waals surface area contributed by atoms with Gasteiger partial charge in [0.15, 0.2) is 0 Å². The van der Waals surface area contributed by atoms with Crippen molar-refractivity contribution in [3.05, 3.63) is 46.7 Å². The summed E-state index contributed by atoms with van der Waals surface area (Å²) in [5.74, 6) is 0.728. The van der Waals surface area contributed by atoms with Crippen molar-refractivity contribution in [3.63, 3.8) is 0 Å². The lowest BCUT2D eigenvalue weighted by molar-refractivity contribution is -0.137. The summed E-state index contributed by atoms with van der Waals surface area (Å²) in [5, 5.41) is 9.24. The highest BCUT2D eigenvalue weighted by molar-refractivity contribution is 6.30. The van der Waals surface area contributed by atoms with E-state index in [0.717, 1.165) is 5.56 Å². The fourth-order valence-corrected chi connectivity index (χ4v) is 1.84. The Hall–Kier alpha value is -1.94. The molecule has 2 aromatic rings. The molecule has 19 heavy (non-hydrogen) atoms. The topological polar surface area (TPSA) is 59.7 Å². The third-order valence-corrected chi connectivity index (χ3v) is 2.80. The Labute approximate surface area is 115 Å². The zero-order chi connectivity index (χ0) is 13.8. The minimum atomic E-state index is -0.854. The molecule has 2 rings (SSSR count). The van der Waals surface area contributed by atoms with E-state index in [0.29, 0.717) is 28.9 Å². The van der Waals surface area contributed by atoms with Crippen molar-refractivity contribution in [3.8, 4) is 11.7 Å². The second-order valence-electron chi connectivity index (χ2n) is 4.13. The van der Waals surface area contributed by atoms with Crippen molar-refractivity contribution < 1.29 is 19.1 Å². The molecule has 0 atom stereocenters. The number of hydrogen-bond acceptors (Lipinski definition) is 3. The second kappa shape index (κ2) is 5.80. The zero-order valence-electron chi connectivity index (χ0n) is 10.4. The lowest BCUT2D eigenvalue weighted by Gasteiger charge is -2.05. The first-order valence-corrected chi connectivity index (χ1v) is 6.17. The predicted molar refractivity (Wildman–Crippen MR) is 70.9 cm³/mol. The highest BCUT2D eigenvalue weighted by atomic mass is 35.5. The van der Waals surface area contributed by atoms with E-state index >= 15 is 0 Å². The first-order chi connectivity index (χ1) is 9.04. The van der Waals surface area contributed by atoms with E-state index in [1.807, 2.05) is 6.92 Å². The number of carbonyl (C=O) groups is 1. The van der Waals surface area contributed by atoms with Crippen molar-refractivity contribution in [1.82, 2.24) is 0 Å². The fraction of sp³-hybridized carbons (Fsp3) is 0.214. The van der Waals surface area contributed by atoms with Crippen molar-refractivity contribution in [2.45, 2.75) is 19.8 Å². The Bertz CT molecular complexity index is 589. The normalized spacial score (nSPS) is 10.4. The van der Waals surface area contributed by atoms with E-state index < -0.39 is 5.97 Å². The van der Waals surface area contributed by atoms with Gasteiger partial charge in [0, 0.05) is 17.5 Å². The molecule has 0 spiro atoms. The van der Waals surface area contributed by atoms with Gasteiger partial charge in [0.05, 0.1) is 6.42 Å². The van der Waals surface area contributed by atoms with Crippen LogP contribution in [0.15, 0.2) is 34.7 Å². The van der Waals surface area contributed by atoms with Gasteiger partial charge in [0.1, 0.15) is 11.5 Å². The van der Waals surface area contributed by atoms with Crippen molar-refractivity contribution in [1.29, 1.82) is 0 Å². The van der Waals surface area contributed by atoms with Gasteiger partial charge in [-0.3, -0.25) is 4.79 Å². The number of benzene rings is 1. The molecule has 1 aromatic heterocycles. The standard InChI is InChI=1S/C14H13ClO4/c1-9-8-10(15)2-5-12(9)19-14-7-4-11(18-14)3-6-13(16)17/h2,4-5,7-8H,3,6H2,1H3,(H,16,17). The molecule has 1 N–H and O–H groups in total. The van der Waals surface area contributed by atoms with Crippen LogP contribution in [0, 0.1) is 6.92 Å². The molecular formula is C14H13ClO4. The number of ether oxygens (including phenoxy) is 1. The number of carboxylic acid groups (broad SMARTS) is 1. The molecule has 0 bridgehead atoms. The van der Waals surface area contributed by atoms with Crippen molar-refractivity contribution in [2.75, 3.05) is 0 Å². The minimum Gasteiger partial charge on any atom is -0.481 e. The molecule has 0 radical (unpaired) electrons. The maximum atomic E-state index is 10.5. The summed E-state index contributed by atoms with van der Waals surface area (Å²) in [4.78, 5) is 10.5. The summed E-state index contributed by atoms with van der Waals surface area (Å²) in [6.07, 6.45) is 0.380. The monoisotopic (exact) mass is 280 g/mol. The fourth-order valence-electron chi connectivity index (χ4n) is 1.61. The highest BCUT2D eigenvalue weighted by Gasteiger charge is 2.08. The van der Waals surface area contributed by atoms with Crippen LogP contribution >= 0.6 is 11.6 Å². The van der Waals surface area contributed by atoms with E-state index in [4.69, 9.17) is 25.9 Å². The second-order valence-corrected chi connectivity index (χ2v) is 4.56. The third-order valence-electron chi connectivity index (χ3n) is 2.57. The van der Waals surface area contributed by atoms with Crippen LogP contribution in [-0.2, 0) is 11.2 Å². The highest BCUT2D eigenvalue weighted by Crippen LogP contribution is 2.28. The average molecular weight is 281 g/mol. The molecule has 1 aromatic carbocycles. The molecule has 0 unspecified atom stereocenters. The van der Waals surface area contributed by atoms with E-state index in [1.54, 1.807) is 30.3 Å². The van der Waals surface area contributed by atoms with E-state index in [2.05, 4.69) is 0 Å². The van der Waals surface area contributed by atoms with E-state index in [9.17, 15) is 4.79 Å². The Morgan fingerprint density at radius 3 is 2.84 bits per heavy atom. The Morgan fingerprint density at radius 2 is 2.16 bits per heavy atom. The largest absolute Gasteiger partial charge is 0.481 e. The van der Waals surface area contributed by atoms with Crippen LogP contribution in [0.25, 0.3) is 0 Å². The maximum absolute atomic E-state index is 10.5. The summed E-state index contributed by atoms with van der Waals surface area (Å²) in [6.45, 7) is 1.88. The van der Waals surface area contributed by atoms with Crippen LogP contribution in [0.5, 0.6) is 11.7 Å². The van der Waals surface area contributed by atoms with Gasteiger partial charge >= 0.3 is 5.97 Å². The number of halogens is 1. The van der Waals surface area contributed by atoms with Crippen LogP contribution in [0.1, 0.15) is 17.7 Å². The molecule has 0 aliphatic heterocycles. The molecular weight excluding hydrogens is 268 g/mol. The van der Waals surface area contributed by atoms with Crippen molar-refractivity contribution >= 4 is 17.6 Å². The number of carboxylic acids is 1. The molecule has 0 aliphatic rings. The molecule has 0 fully saturated rings. The summed E-state index contributed by atoms with van der Waals surface area (Å²) < 4.78 is 11.0. The molecule has 1 heterocycles. The van der Waals surface area contributed by atoms with Crippen LogP contribution in [0.2, 0.25) is 5.02 Å². The van der Waals surface area contributed by atoms with E-state index in [1.165, 1.54) is 0 Å². The SMILES string of the molecule is Cc1cc(Cl)ccc1Oc1ccc(CCC(=O)O)o1. The van der Waals surface area contributed by atoms with Crippen LogP contribution in [0.4, 0.5) is 0 Å². The van der Waals surface area contributed by atoms with Crippen LogP contribution < -0.4 is 4.74 Å². The molecule has 0 amide bonds. The summed E-state index contributed by atoms with van der Waals surface area (Å²) in [6, 6.07) is 8.68. The molecule has 100 valence electrons. The first kappa shape index (κ1) is 13.5. The summed E-state index contributed by atoms with van der Waals surface area (Å²) in [5.41, 5.74) is 0.899. The molecule has 5 heteroatoms. The summed E-state index contributed by atoms with van der Waals surface area (Å²) in [7, 11) is 0. The number of aliphatic carboxylic acids is 1. The van der Waals surface area contributed by atoms with Gasteiger partial charge < -0.3 is 14.3 Å². The van der Waals surface area contributed by atoms with Gasteiger partial charge in [-0.15, -0.1) is 0 Å². The molecule has 0 aliphatic carbocycles. The summed E-state index contributed by atoms with van der Waals surface area (Å²) >= 11 is 5.86. The quantitative estimate of drug-likeness (QED) is 0.897. The van der Waals surface area contributed by atoms with Crippen molar-refractivity contribution in [2.24, 2.45) is 0 Å². The lowest BCUT2D eigenvalue weighted by Crippen LogP contribution is -1.96. The molecule has 0 saturated heterocycles. The van der Waals surface area contributed by atoms with Gasteiger partial charge in [0.2, 0.25) is 0 Å². The maximum Gasteiger partial charge on any atom is 0.303 e. The van der Waals surface area contributed by atoms with Gasteiger partial charge in [-0.05, 0) is 36.8 Å². The number of rotatable bonds is 5. The van der Waals surface area contributed by atoms with Gasteiger partial charge in [-0.25, -0.2) is 0 Å². The number of hydrogen-bond donors (Lipinski definition) is 1. The van der Waals surface area contributed by atoms with Gasteiger partial charge in [-0.1, -0.05) is 11.6 Å². The Balaban J connectivity index is 2.05. The van der Waals surface area contributed by atoms with E-state index in [-0.39, 0.29) is 6.42 Å². The predicted octanol–water partition coefficient (Wildman–Crippen LogP) is 4.05. The smallest absolute Gasteiger partial charge is 0.303 e. The van der Waals surface area contributed by atoms with Crippen LogP contribution in [-0.4, -0.2) is 11.1 Å². The number of furan rings is 1. The molecule has 4 nitrogen and oxygen atoms in total. The van der Waals surface area contributed by atoms with Gasteiger partial charge in [-0.2, -0.15) is 0 Å². The minimum absolute atomic E-state index is 0.0346. The van der Waals surface area contributed by atoms with Crippen LogP contribution in [0.3, 0.4) is 0 Å². The Morgan fingerprint density at radius 1 is 1.37 bits per heavy atom. The average Bonchev–Trinajstić information content (AvgIpc) is 2.78. The lowest BCUT2D eigenvalue weighted by atomic mass is 10.2. The molecule has 0 saturated carbocycles. The first-order valence-electron chi connectivity index (χ1n) is 5.79. The van der Waals surface area contributed by atoms with Gasteiger partial charge in [0.25, 0.3) is 5.95 Å². The number of aryl methyl sites for hydroxylation is 2.